The highest BCUT2D eigenvalue weighted by Crippen LogP contribution is 2.22. The normalized spacial score (nSPS) is 13.5. The maximum absolute atomic E-state index is 14.6. The number of nitrogens with one attached hydrogen (secondary N) is 2. The molecule has 0 bridgehead atoms. The van der Waals surface area contributed by atoms with E-state index in [0.29, 0.717) is 30.9 Å². The van der Waals surface area contributed by atoms with Crippen LogP contribution in [0.4, 0.5) is 33.5 Å². The van der Waals surface area contributed by atoms with Gasteiger partial charge in [-0.25, -0.2) is 18.7 Å². The van der Waals surface area contributed by atoms with Crippen molar-refractivity contribution in [3.63, 3.8) is 0 Å². The van der Waals surface area contributed by atoms with E-state index in [1.165, 1.54) is 11.0 Å². The number of pyridine rings is 1. The third-order valence-corrected chi connectivity index (χ3v) is 5.78. The van der Waals surface area contributed by atoms with Crippen LogP contribution >= 0.6 is 0 Å². The monoisotopic (exact) mass is 498 g/mol. The Balaban J connectivity index is 1.15. The molecule has 37 heavy (non-hydrogen) atoms. The van der Waals surface area contributed by atoms with E-state index in [1.807, 2.05) is 54.6 Å². The highest BCUT2D eigenvalue weighted by atomic mass is 19.1. The van der Waals surface area contributed by atoms with E-state index in [-0.39, 0.29) is 5.69 Å². The lowest BCUT2D eigenvalue weighted by Gasteiger charge is -2.25. The molecule has 1 aliphatic rings. The molecule has 0 spiro atoms. The van der Waals surface area contributed by atoms with Crippen LogP contribution in [0, 0.1) is 5.82 Å². The zero-order chi connectivity index (χ0) is 25.0. The van der Waals surface area contributed by atoms with Gasteiger partial charge in [-0.05, 0) is 36.4 Å². The Hall–Kier alpha value is -4.84. The minimum atomic E-state index is -0.515. The van der Waals surface area contributed by atoms with Crippen molar-refractivity contribution in [3.8, 4) is 11.4 Å². The van der Waals surface area contributed by atoms with Crippen molar-refractivity contribution in [1.29, 1.82) is 0 Å². The van der Waals surface area contributed by atoms with Gasteiger partial charge in [-0.1, -0.05) is 18.2 Å². The molecule has 6 rings (SSSR count). The Kier molecular flexibility index (Phi) is 6.13. The summed E-state index contributed by atoms with van der Waals surface area (Å²) in [6.45, 7) is 2.91. The average molecular weight is 499 g/mol. The summed E-state index contributed by atoms with van der Waals surface area (Å²) in [5.41, 5.74) is 2.71. The van der Waals surface area contributed by atoms with Crippen LogP contribution in [0.25, 0.3) is 11.4 Å². The summed E-state index contributed by atoms with van der Waals surface area (Å²) in [4.78, 5) is 14.9. The SMILES string of the molecule is Fc1cnc(Nc2ccc(-n3cnc(N4CCOCC4)n3)cc2)cc1-n1cnc(Nc2ccccc2)n1. The van der Waals surface area contributed by atoms with Crippen LogP contribution in [0.2, 0.25) is 0 Å². The number of ether oxygens (including phenoxy) is 1. The molecule has 1 saturated heterocycles. The van der Waals surface area contributed by atoms with Crippen LogP contribution in [0.5, 0.6) is 0 Å². The number of hydrogen-bond acceptors (Lipinski definition) is 9. The zero-order valence-electron chi connectivity index (χ0n) is 19.7. The van der Waals surface area contributed by atoms with Crippen molar-refractivity contribution < 1.29 is 9.13 Å². The maximum Gasteiger partial charge on any atom is 0.246 e. The standard InChI is InChI=1S/C25H23FN10O/c26-21-15-27-23(14-22(21)36-16-28-24(32-36)31-18-4-2-1-3-5-18)30-19-6-8-20(9-7-19)35-17-29-25(33-35)34-10-12-37-13-11-34/h1-9,14-17H,10-13H2,(H,27,30)(H,31,32). The van der Waals surface area contributed by atoms with Gasteiger partial charge in [-0.3, -0.25) is 0 Å². The molecule has 12 heteroatoms. The lowest BCUT2D eigenvalue weighted by molar-refractivity contribution is 0.122. The summed E-state index contributed by atoms with van der Waals surface area (Å²) in [5, 5.41) is 15.2. The molecule has 2 aromatic carbocycles. The second-order valence-corrected chi connectivity index (χ2v) is 8.29. The van der Waals surface area contributed by atoms with Crippen molar-refractivity contribution in [2.24, 2.45) is 0 Å². The second-order valence-electron chi connectivity index (χ2n) is 8.29. The molecule has 3 aromatic heterocycles. The zero-order valence-corrected chi connectivity index (χ0v) is 19.7. The van der Waals surface area contributed by atoms with Crippen molar-refractivity contribution in [1.82, 2.24) is 34.5 Å². The van der Waals surface area contributed by atoms with Gasteiger partial charge >= 0.3 is 0 Å². The molecular weight excluding hydrogens is 475 g/mol. The molecule has 5 aromatic rings. The fourth-order valence-electron chi connectivity index (χ4n) is 3.89. The van der Waals surface area contributed by atoms with Crippen LogP contribution in [0.3, 0.4) is 0 Å². The Morgan fingerprint density at radius 3 is 2.35 bits per heavy atom. The summed E-state index contributed by atoms with van der Waals surface area (Å²) >= 11 is 0. The largest absolute Gasteiger partial charge is 0.378 e. The smallest absolute Gasteiger partial charge is 0.246 e. The van der Waals surface area contributed by atoms with Gasteiger partial charge in [0, 0.05) is 30.5 Å². The number of hydrogen-bond donors (Lipinski definition) is 2. The minimum absolute atomic E-state index is 0.223. The van der Waals surface area contributed by atoms with Crippen molar-refractivity contribution >= 4 is 29.1 Å². The molecule has 0 unspecified atom stereocenters. The van der Waals surface area contributed by atoms with Crippen molar-refractivity contribution in [2.45, 2.75) is 0 Å². The molecule has 2 N–H and O–H groups in total. The summed E-state index contributed by atoms with van der Waals surface area (Å²) in [6.07, 6.45) is 4.30. The lowest BCUT2D eigenvalue weighted by Crippen LogP contribution is -2.37. The number of rotatable bonds is 7. The predicted molar refractivity (Wildman–Crippen MR) is 137 cm³/mol. The van der Waals surface area contributed by atoms with E-state index in [2.05, 4.69) is 40.7 Å². The Bertz CT molecular complexity index is 1480. The summed E-state index contributed by atoms with van der Waals surface area (Å²) in [5.74, 6) is 0.994. The van der Waals surface area contributed by atoms with Gasteiger partial charge in [-0.15, -0.1) is 10.2 Å². The molecular formula is C25H23FN10O. The highest BCUT2D eigenvalue weighted by Gasteiger charge is 2.15. The fraction of sp³-hybridized carbons (Fsp3) is 0.160. The summed E-state index contributed by atoms with van der Waals surface area (Å²) in [6, 6.07) is 18.7. The summed E-state index contributed by atoms with van der Waals surface area (Å²) in [7, 11) is 0. The predicted octanol–water partition coefficient (Wildman–Crippen LogP) is 3.71. The molecule has 0 amide bonds. The highest BCUT2D eigenvalue weighted by molar-refractivity contribution is 5.60. The van der Waals surface area contributed by atoms with Crippen LogP contribution in [-0.2, 0) is 4.74 Å². The van der Waals surface area contributed by atoms with E-state index in [9.17, 15) is 4.39 Å². The number of halogens is 1. The van der Waals surface area contributed by atoms with Gasteiger partial charge in [0.05, 0.1) is 25.1 Å². The number of benzene rings is 2. The van der Waals surface area contributed by atoms with Gasteiger partial charge in [-0.2, -0.15) is 9.97 Å². The van der Waals surface area contributed by atoms with E-state index >= 15 is 0 Å². The van der Waals surface area contributed by atoms with Crippen LogP contribution in [0.15, 0.2) is 79.5 Å². The minimum Gasteiger partial charge on any atom is -0.378 e. The van der Waals surface area contributed by atoms with Crippen molar-refractivity contribution in [3.05, 3.63) is 85.3 Å². The van der Waals surface area contributed by atoms with E-state index < -0.39 is 5.82 Å². The molecule has 0 saturated carbocycles. The second kappa shape index (κ2) is 10.0. The third kappa shape index (κ3) is 5.09. The number of nitrogens with zero attached hydrogens (tertiary/aromatic N) is 8. The molecule has 1 aliphatic heterocycles. The molecule has 186 valence electrons. The Morgan fingerprint density at radius 2 is 1.54 bits per heavy atom. The number of aromatic nitrogens is 7. The Labute approximate surface area is 211 Å². The Morgan fingerprint density at radius 1 is 0.784 bits per heavy atom. The topological polar surface area (TPSA) is 111 Å². The summed E-state index contributed by atoms with van der Waals surface area (Å²) < 4.78 is 23.1. The third-order valence-electron chi connectivity index (χ3n) is 5.78. The van der Waals surface area contributed by atoms with Gasteiger partial charge in [0.1, 0.15) is 24.2 Å². The van der Waals surface area contributed by atoms with E-state index in [0.717, 1.165) is 36.3 Å². The van der Waals surface area contributed by atoms with Crippen LogP contribution in [-0.4, -0.2) is 60.8 Å². The first kappa shape index (κ1) is 22.6. The number of anilines is 5. The van der Waals surface area contributed by atoms with Gasteiger partial charge in [0.15, 0.2) is 5.82 Å². The molecule has 1 fully saturated rings. The maximum atomic E-state index is 14.6. The number of morpholine rings is 1. The van der Waals surface area contributed by atoms with Gasteiger partial charge in [0.2, 0.25) is 11.9 Å². The van der Waals surface area contributed by atoms with E-state index in [4.69, 9.17) is 4.74 Å². The molecule has 4 heterocycles. The molecule has 11 nitrogen and oxygen atoms in total. The molecule has 0 aliphatic carbocycles. The first-order valence-corrected chi connectivity index (χ1v) is 11.7. The van der Waals surface area contributed by atoms with Gasteiger partial charge in [0.25, 0.3) is 0 Å². The van der Waals surface area contributed by atoms with Crippen molar-refractivity contribution in [2.75, 3.05) is 41.8 Å². The quantitative estimate of drug-likeness (QED) is 0.347. The molecule has 0 atom stereocenters. The number of para-hydroxylation sites is 1. The van der Waals surface area contributed by atoms with Gasteiger partial charge < -0.3 is 20.3 Å². The average Bonchev–Trinajstić information content (AvgIpc) is 3.62. The first-order valence-electron chi connectivity index (χ1n) is 11.7. The fourth-order valence-corrected chi connectivity index (χ4v) is 3.89. The lowest BCUT2D eigenvalue weighted by atomic mass is 10.2. The van der Waals surface area contributed by atoms with Crippen LogP contribution < -0.4 is 15.5 Å². The first-order chi connectivity index (χ1) is 18.2. The van der Waals surface area contributed by atoms with E-state index in [1.54, 1.807) is 17.1 Å². The molecule has 0 radical (unpaired) electrons. The van der Waals surface area contributed by atoms with Crippen LogP contribution in [0.1, 0.15) is 0 Å².